The molecule has 1 unspecified atom stereocenters. The molecular formula is C50H58FN3O7Si. The van der Waals surface area contributed by atoms with Crippen molar-refractivity contribution in [1.82, 2.24) is 15.0 Å². The third-order valence-corrected chi connectivity index (χ3v) is 18.4. The zero-order valence-corrected chi connectivity index (χ0v) is 37.7. The highest BCUT2D eigenvalue weighted by molar-refractivity contribution is 6.74. The average molecular weight is 860 g/mol. The molecule has 5 atom stereocenters. The lowest BCUT2D eigenvalue weighted by Gasteiger charge is -2.55. The highest BCUT2D eigenvalue weighted by atomic mass is 28.4. The van der Waals surface area contributed by atoms with Crippen molar-refractivity contribution in [3.05, 3.63) is 143 Å². The van der Waals surface area contributed by atoms with Gasteiger partial charge in [0.15, 0.2) is 19.7 Å². The summed E-state index contributed by atoms with van der Waals surface area (Å²) in [5, 5.41) is 16.6. The Morgan fingerprint density at radius 1 is 0.984 bits per heavy atom. The summed E-state index contributed by atoms with van der Waals surface area (Å²) in [6.45, 7) is 20.0. The molecule has 3 aromatic carbocycles. The SMILES string of the molecule is C=CCN(CC=C)[C@@H]1c2onc(OCc3ccccc3)c2C(=O)[C@@]2(O[Si](C)(C)C(C)(C)C)C(=O)C3=C(O)c4c(OCc5ccccc5)cc(C5CCCN5C)c(F)c4C[C@H]3C[C@@H]12. The predicted octanol–water partition coefficient (Wildman–Crippen LogP) is 10.1. The van der Waals surface area contributed by atoms with E-state index < -0.39 is 54.2 Å². The maximum Gasteiger partial charge on any atom is 0.265 e. The largest absolute Gasteiger partial charge is 0.507 e. The van der Waals surface area contributed by atoms with Crippen molar-refractivity contribution in [3.63, 3.8) is 0 Å². The standard InChI is InChI=1S/C50H58FN3O7Si/c1-9-23-54(24-10-2)43-36-27-33-26-35-40(38(58-29-31-18-13-11-14-19-31)28-34(42(35)51)37-22-17-25-53(37)6)44(55)39(33)46(56)50(36,61-62(7,8)49(3,4)5)47(57)41-45(43)60-52-48(41)59-30-32-20-15-12-16-21-32/h9-16,18-21,28,33,36-37,43,55H,1-2,17,22-27,29-30H2,3-8H3/t33-,36-,37?,43-,50-/m0/s1. The van der Waals surface area contributed by atoms with Gasteiger partial charge in [-0.15, -0.1) is 13.2 Å². The molecule has 1 saturated carbocycles. The summed E-state index contributed by atoms with van der Waals surface area (Å²) < 4.78 is 43.6. The summed E-state index contributed by atoms with van der Waals surface area (Å²) in [6.07, 6.45) is 5.50. The van der Waals surface area contributed by atoms with Gasteiger partial charge in [0.05, 0.1) is 11.6 Å². The number of rotatable bonds is 14. The minimum absolute atomic E-state index is 0.0327. The number of benzene rings is 3. The third-order valence-electron chi connectivity index (χ3n) is 13.9. The van der Waals surface area contributed by atoms with E-state index in [1.807, 2.05) is 80.8 Å². The Bertz CT molecular complexity index is 2400. The molecule has 4 aromatic rings. The number of aliphatic hydroxyl groups excluding tert-OH is 1. The number of aliphatic hydroxyl groups is 1. The first-order chi connectivity index (χ1) is 29.6. The molecule has 8 rings (SSSR count). The van der Waals surface area contributed by atoms with Crippen molar-refractivity contribution >= 4 is 25.6 Å². The fraction of sp³-hybridized carbons (Fsp3) is 0.420. The van der Waals surface area contributed by atoms with Crippen molar-refractivity contribution in [1.29, 1.82) is 0 Å². The van der Waals surface area contributed by atoms with Gasteiger partial charge in [0.25, 0.3) is 5.88 Å². The van der Waals surface area contributed by atoms with Gasteiger partial charge in [-0.05, 0) is 85.7 Å². The number of hydrogen-bond donors (Lipinski definition) is 1. The van der Waals surface area contributed by atoms with Crippen LogP contribution in [0.25, 0.3) is 5.76 Å². The smallest absolute Gasteiger partial charge is 0.265 e. The maximum absolute atomic E-state index is 17.3. The molecule has 62 heavy (non-hydrogen) atoms. The Balaban J connectivity index is 1.34. The second-order valence-corrected chi connectivity index (χ2v) is 23.5. The van der Waals surface area contributed by atoms with Crippen LogP contribution in [0.5, 0.6) is 11.6 Å². The van der Waals surface area contributed by atoms with E-state index in [1.165, 1.54) is 0 Å². The van der Waals surface area contributed by atoms with Gasteiger partial charge in [0, 0.05) is 41.7 Å². The fourth-order valence-corrected chi connectivity index (χ4v) is 11.3. The number of aromatic nitrogens is 1. The Hall–Kier alpha value is -5.14. The molecule has 1 aromatic heterocycles. The Morgan fingerprint density at radius 2 is 1.61 bits per heavy atom. The molecule has 3 aliphatic carbocycles. The van der Waals surface area contributed by atoms with E-state index in [0.29, 0.717) is 24.2 Å². The molecule has 0 bridgehead atoms. The number of fused-ring (bicyclic) bond motifs is 4. The van der Waals surface area contributed by atoms with Gasteiger partial charge in [0.2, 0.25) is 11.6 Å². The molecule has 0 amide bonds. The molecule has 0 spiro atoms. The van der Waals surface area contributed by atoms with Crippen LogP contribution in [0.1, 0.15) is 96.1 Å². The normalized spacial score (nSPS) is 23.7. The summed E-state index contributed by atoms with van der Waals surface area (Å²) in [6, 6.07) is 19.9. The number of ether oxygens (including phenoxy) is 2. The lowest BCUT2D eigenvalue weighted by molar-refractivity contribution is -0.141. The van der Waals surface area contributed by atoms with Crippen molar-refractivity contribution in [2.24, 2.45) is 11.8 Å². The summed E-state index contributed by atoms with van der Waals surface area (Å²) >= 11 is 0. The van der Waals surface area contributed by atoms with E-state index in [0.717, 1.165) is 30.5 Å². The van der Waals surface area contributed by atoms with Gasteiger partial charge < -0.3 is 23.5 Å². The van der Waals surface area contributed by atoms with Crippen LogP contribution in [-0.4, -0.2) is 72.2 Å². The highest BCUT2D eigenvalue weighted by Crippen LogP contribution is 2.60. The average Bonchev–Trinajstić information content (AvgIpc) is 3.87. The molecule has 0 radical (unpaired) electrons. The molecule has 326 valence electrons. The molecule has 2 heterocycles. The van der Waals surface area contributed by atoms with Gasteiger partial charge >= 0.3 is 0 Å². The van der Waals surface area contributed by atoms with Crippen LogP contribution in [0.2, 0.25) is 18.1 Å². The number of carbonyl (C=O) groups excluding carboxylic acids is 2. The molecule has 12 heteroatoms. The van der Waals surface area contributed by atoms with E-state index in [4.69, 9.17) is 18.4 Å². The Morgan fingerprint density at radius 3 is 2.19 bits per heavy atom. The minimum atomic E-state index is -3.02. The van der Waals surface area contributed by atoms with Crippen LogP contribution in [-0.2, 0) is 28.9 Å². The molecular weight excluding hydrogens is 802 g/mol. The van der Waals surface area contributed by atoms with Gasteiger partial charge in [-0.1, -0.05) is 93.6 Å². The molecule has 4 aliphatic rings. The van der Waals surface area contributed by atoms with Crippen LogP contribution in [0.4, 0.5) is 4.39 Å². The summed E-state index contributed by atoms with van der Waals surface area (Å²) in [5.74, 6) is -3.08. The third kappa shape index (κ3) is 7.38. The highest BCUT2D eigenvalue weighted by Gasteiger charge is 2.69. The Labute approximate surface area is 365 Å². The van der Waals surface area contributed by atoms with Crippen LogP contribution in [0, 0.1) is 17.7 Å². The topological polar surface area (TPSA) is 115 Å². The van der Waals surface area contributed by atoms with E-state index in [2.05, 4.69) is 48.9 Å². The van der Waals surface area contributed by atoms with Crippen molar-refractivity contribution in [2.75, 3.05) is 26.7 Å². The van der Waals surface area contributed by atoms with E-state index >= 15 is 14.0 Å². The molecule has 2 fully saturated rings. The van der Waals surface area contributed by atoms with Gasteiger partial charge in [-0.25, -0.2) is 4.39 Å². The van der Waals surface area contributed by atoms with Crippen LogP contribution in [0.15, 0.2) is 102 Å². The summed E-state index contributed by atoms with van der Waals surface area (Å²) in [7, 11) is -1.03. The van der Waals surface area contributed by atoms with Gasteiger partial charge in [-0.2, -0.15) is 0 Å². The second kappa shape index (κ2) is 16.9. The molecule has 10 nitrogen and oxygen atoms in total. The van der Waals surface area contributed by atoms with Crippen molar-refractivity contribution < 1.29 is 37.5 Å². The monoisotopic (exact) mass is 859 g/mol. The number of nitrogens with zero attached hydrogens (tertiary/aromatic N) is 3. The number of halogens is 1. The zero-order valence-electron chi connectivity index (χ0n) is 36.7. The number of likely N-dealkylation sites (tertiary alicyclic amines) is 1. The molecule has 1 aliphatic heterocycles. The first-order valence-corrected chi connectivity index (χ1v) is 24.6. The summed E-state index contributed by atoms with van der Waals surface area (Å²) in [4.78, 5) is 36.2. The Kier molecular flexibility index (Phi) is 11.8. The summed E-state index contributed by atoms with van der Waals surface area (Å²) in [5.41, 5.74) is 0.621. The van der Waals surface area contributed by atoms with Crippen molar-refractivity contribution in [2.45, 2.75) is 95.5 Å². The van der Waals surface area contributed by atoms with Gasteiger partial charge in [-0.3, -0.25) is 19.4 Å². The quantitative estimate of drug-likeness (QED) is 0.0747. The first-order valence-electron chi connectivity index (χ1n) is 21.7. The lowest BCUT2D eigenvalue weighted by atomic mass is 9.57. The number of Topliss-reactive ketones (excluding diaryl/α,β-unsaturated/α-hetero) is 2. The van der Waals surface area contributed by atoms with Crippen LogP contribution in [0.3, 0.4) is 0 Å². The molecule has 1 N–H and O–H groups in total. The lowest BCUT2D eigenvalue weighted by Crippen LogP contribution is -2.68. The minimum Gasteiger partial charge on any atom is -0.507 e. The van der Waals surface area contributed by atoms with Gasteiger partial charge in [0.1, 0.15) is 36.1 Å². The zero-order chi connectivity index (χ0) is 44.1. The fourth-order valence-electron chi connectivity index (χ4n) is 9.86. The number of ketones is 2. The van der Waals surface area contributed by atoms with E-state index in [9.17, 15) is 5.11 Å². The van der Waals surface area contributed by atoms with E-state index in [-0.39, 0.29) is 71.9 Å². The number of hydrogen-bond acceptors (Lipinski definition) is 10. The van der Waals surface area contributed by atoms with Crippen molar-refractivity contribution in [3.8, 4) is 11.6 Å². The second-order valence-electron chi connectivity index (χ2n) is 18.8. The first kappa shape index (κ1) is 43.5. The molecule has 1 saturated heterocycles. The van der Waals surface area contributed by atoms with Crippen LogP contribution >= 0.6 is 0 Å². The number of carbonyl (C=O) groups is 2. The maximum atomic E-state index is 17.3. The predicted molar refractivity (Wildman–Crippen MR) is 239 cm³/mol. The van der Waals surface area contributed by atoms with Crippen LogP contribution < -0.4 is 9.47 Å². The van der Waals surface area contributed by atoms with E-state index in [1.54, 1.807) is 18.2 Å².